The van der Waals surface area contributed by atoms with Crippen molar-refractivity contribution >= 4 is 27.3 Å². The van der Waals surface area contributed by atoms with E-state index in [1.807, 2.05) is 4.72 Å². The summed E-state index contributed by atoms with van der Waals surface area (Å²) in [6.45, 7) is 3.56. The summed E-state index contributed by atoms with van der Waals surface area (Å²) >= 11 is 1.14. The number of carbonyl (C=O) groups excluding carboxylic acids is 1. The number of aryl methyl sites for hydroxylation is 1. The largest absolute Gasteiger partial charge is 1.00 e. The fraction of sp³-hybridized carbons (Fsp3) is 0.286. The predicted molar refractivity (Wildman–Crippen MR) is 49.6 cm³/mol. The molecule has 0 saturated carbocycles. The number of hydrogen-bond acceptors (Lipinski definition) is 4. The molecule has 0 saturated heterocycles. The second-order valence-electron chi connectivity index (χ2n) is 2.88. The Morgan fingerprint density at radius 3 is 2.43 bits per heavy atom. The second kappa shape index (κ2) is 3.61. The number of amides is 1. The van der Waals surface area contributed by atoms with Gasteiger partial charge in [-0.25, -0.2) is 13.1 Å². The van der Waals surface area contributed by atoms with E-state index in [0.29, 0.717) is 5.56 Å². The van der Waals surface area contributed by atoms with E-state index in [4.69, 9.17) is 0 Å². The summed E-state index contributed by atoms with van der Waals surface area (Å²) in [4.78, 5) is 12.1. The van der Waals surface area contributed by atoms with E-state index in [1.165, 1.54) is 0 Å². The molecular weight excluding hydrogens is 233 g/mol. The van der Waals surface area contributed by atoms with Crippen molar-refractivity contribution in [3.05, 3.63) is 16.0 Å². The van der Waals surface area contributed by atoms with Gasteiger partial charge in [0.1, 0.15) is 0 Å². The van der Waals surface area contributed by atoms with Crippen LogP contribution in [0.3, 0.4) is 0 Å². The number of nitrogens with one attached hydrogen (secondary N) is 1. The van der Waals surface area contributed by atoms with Gasteiger partial charge in [0, 0.05) is 4.88 Å². The van der Waals surface area contributed by atoms with Gasteiger partial charge < -0.3 is 1.43 Å². The second-order valence-corrected chi connectivity index (χ2v) is 5.98. The molecule has 0 aliphatic carbocycles. The van der Waals surface area contributed by atoms with Gasteiger partial charge in [-0.3, -0.25) is 4.79 Å². The van der Waals surface area contributed by atoms with Gasteiger partial charge in [-0.1, -0.05) is 0 Å². The van der Waals surface area contributed by atoms with Crippen LogP contribution in [0, 0.1) is 13.8 Å². The maximum Gasteiger partial charge on any atom is 1.00 e. The number of sulfonamides is 1. The van der Waals surface area contributed by atoms with Crippen molar-refractivity contribution < 1.29 is 44.2 Å². The standard InChI is InChI=1S/C7H7NO3S2.Na.H/c1-3-4(2)12-7-5(3)6(9)8-13(7,10)11;;/h1-2H3,(H,8,9);;/q;+1;-1. The molecular formula is C7H8NNaO3S2. The summed E-state index contributed by atoms with van der Waals surface area (Å²) in [7, 11) is -3.54. The minimum absolute atomic E-state index is 0. The summed E-state index contributed by atoms with van der Waals surface area (Å²) in [6.07, 6.45) is 0. The number of rotatable bonds is 0. The molecule has 72 valence electrons. The molecule has 0 bridgehead atoms. The minimum atomic E-state index is -3.54. The van der Waals surface area contributed by atoms with Crippen LogP contribution in [0.1, 0.15) is 22.2 Å². The molecule has 0 aromatic carbocycles. The van der Waals surface area contributed by atoms with E-state index >= 15 is 0 Å². The van der Waals surface area contributed by atoms with Crippen molar-refractivity contribution in [2.24, 2.45) is 0 Å². The number of fused-ring (bicyclic) bond motifs is 1. The topological polar surface area (TPSA) is 63.2 Å². The van der Waals surface area contributed by atoms with E-state index in [2.05, 4.69) is 0 Å². The fourth-order valence-electron chi connectivity index (χ4n) is 1.27. The number of thiophene rings is 1. The Morgan fingerprint density at radius 2 is 1.93 bits per heavy atom. The first-order chi connectivity index (χ1) is 5.93. The van der Waals surface area contributed by atoms with Gasteiger partial charge in [-0.2, -0.15) is 0 Å². The first kappa shape index (κ1) is 12.2. The van der Waals surface area contributed by atoms with Crippen molar-refractivity contribution in [3.8, 4) is 0 Å². The van der Waals surface area contributed by atoms with Crippen molar-refractivity contribution in [1.29, 1.82) is 0 Å². The molecule has 1 aromatic rings. The zero-order valence-electron chi connectivity index (χ0n) is 9.04. The van der Waals surface area contributed by atoms with Crippen LogP contribution >= 0.6 is 11.3 Å². The Hall–Kier alpha value is 0.120. The maximum absolute atomic E-state index is 11.3. The van der Waals surface area contributed by atoms with E-state index in [-0.39, 0.29) is 35.2 Å². The molecule has 0 unspecified atom stereocenters. The van der Waals surface area contributed by atoms with Crippen molar-refractivity contribution in [1.82, 2.24) is 4.72 Å². The third-order valence-electron chi connectivity index (χ3n) is 2.05. The van der Waals surface area contributed by atoms with E-state index in [0.717, 1.165) is 21.8 Å². The molecule has 14 heavy (non-hydrogen) atoms. The van der Waals surface area contributed by atoms with Crippen LogP contribution < -0.4 is 34.3 Å². The van der Waals surface area contributed by atoms with Crippen molar-refractivity contribution in [3.63, 3.8) is 0 Å². The maximum atomic E-state index is 11.3. The average Bonchev–Trinajstić information content (AvgIpc) is 2.38. The first-order valence-corrected chi connectivity index (χ1v) is 5.90. The SMILES string of the molecule is Cc1sc2c(c1C)C(=O)NS2(=O)=O.[H-].[Na+]. The first-order valence-electron chi connectivity index (χ1n) is 3.60. The molecule has 1 aromatic heterocycles. The predicted octanol–water partition coefficient (Wildman–Crippen LogP) is -2.09. The van der Waals surface area contributed by atoms with E-state index < -0.39 is 15.9 Å². The Morgan fingerprint density at radius 1 is 1.36 bits per heavy atom. The van der Waals surface area contributed by atoms with Crippen LogP contribution in [-0.2, 0) is 10.0 Å². The summed E-state index contributed by atoms with van der Waals surface area (Å²) in [5.41, 5.74) is 1.08. The Bertz CT molecular complexity index is 509. The molecule has 1 aliphatic heterocycles. The molecule has 0 atom stereocenters. The molecule has 1 N–H and O–H groups in total. The van der Waals surface area contributed by atoms with E-state index in [9.17, 15) is 13.2 Å². The van der Waals surface area contributed by atoms with Gasteiger partial charge in [0.05, 0.1) is 5.56 Å². The van der Waals surface area contributed by atoms with Gasteiger partial charge in [0.15, 0.2) is 4.21 Å². The third kappa shape index (κ3) is 1.55. The van der Waals surface area contributed by atoms with Crippen LogP contribution in [0.2, 0.25) is 0 Å². The smallest absolute Gasteiger partial charge is 1.00 e. The Balaban J connectivity index is 0.000000980. The summed E-state index contributed by atoms with van der Waals surface area (Å²) in [5.74, 6) is -0.503. The van der Waals surface area contributed by atoms with Crippen molar-refractivity contribution in [2.75, 3.05) is 0 Å². The van der Waals surface area contributed by atoms with Crippen LogP contribution in [0.25, 0.3) is 0 Å². The monoisotopic (exact) mass is 241 g/mol. The van der Waals surface area contributed by atoms with Gasteiger partial charge in [-0.15, -0.1) is 11.3 Å². The molecule has 0 spiro atoms. The number of hydrogen-bond donors (Lipinski definition) is 1. The fourth-order valence-corrected chi connectivity index (χ4v) is 4.04. The normalized spacial score (nSPS) is 17.1. The Kier molecular flexibility index (Phi) is 3.14. The Labute approximate surface area is 110 Å². The zero-order chi connectivity index (χ0) is 9.80. The van der Waals surface area contributed by atoms with Gasteiger partial charge in [0.2, 0.25) is 0 Å². The summed E-state index contributed by atoms with van der Waals surface area (Å²) in [6, 6.07) is 0. The molecule has 2 heterocycles. The zero-order valence-corrected chi connectivity index (χ0v) is 11.7. The van der Waals surface area contributed by atoms with Crippen LogP contribution in [0.4, 0.5) is 0 Å². The molecule has 0 fully saturated rings. The average molecular weight is 241 g/mol. The molecule has 0 radical (unpaired) electrons. The molecule has 7 heteroatoms. The van der Waals surface area contributed by atoms with Gasteiger partial charge in [-0.05, 0) is 19.4 Å². The van der Waals surface area contributed by atoms with Crippen LogP contribution in [0.15, 0.2) is 4.21 Å². The molecule has 4 nitrogen and oxygen atoms in total. The molecule has 2 rings (SSSR count). The van der Waals surface area contributed by atoms with Crippen LogP contribution in [0.5, 0.6) is 0 Å². The van der Waals surface area contributed by atoms with Gasteiger partial charge in [0.25, 0.3) is 15.9 Å². The quantitative estimate of drug-likeness (QED) is 0.530. The van der Waals surface area contributed by atoms with Crippen LogP contribution in [-0.4, -0.2) is 14.3 Å². The van der Waals surface area contributed by atoms with Crippen molar-refractivity contribution in [2.45, 2.75) is 18.1 Å². The minimum Gasteiger partial charge on any atom is -1.00 e. The third-order valence-corrected chi connectivity index (χ3v) is 5.11. The number of carbonyl (C=O) groups is 1. The summed E-state index contributed by atoms with van der Waals surface area (Å²) < 4.78 is 24.7. The van der Waals surface area contributed by atoms with Gasteiger partial charge >= 0.3 is 29.6 Å². The molecule has 1 amide bonds. The van der Waals surface area contributed by atoms with E-state index in [1.54, 1.807) is 13.8 Å². The summed E-state index contributed by atoms with van der Waals surface area (Å²) in [5, 5.41) is 0. The molecule has 1 aliphatic rings.